The highest BCUT2D eigenvalue weighted by Gasteiger charge is 2.32. The molecule has 3 N–H and O–H groups in total. The van der Waals surface area contributed by atoms with Gasteiger partial charge in [-0.1, -0.05) is 40.9 Å². The molecule has 1 unspecified atom stereocenters. The van der Waals surface area contributed by atoms with Crippen LogP contribution < -0.4 is 5.73 Å². The molecule has 0 saturated heterocycles. The predicted molar refractivity (Wildman–Crippen MR) is 86.6 cm³/mol. The Morgan fingerprint density at radius 1 is 1.40 bits per heavy atom. The molecule has 0 amide bonds. The second-order valence-electron chi connectivity index (χ2n) is 6.12. The van der Waals surface area contributed by atoms with Crippen LogP contribution in [0.4, 0.5) is 0 Å². The first kappa shape index (κ1) is 16.0. The Morgan fingerprint density at radius 3 is 2.75 bits per heavy atom. The predicted octanol–water partition coefficient (Wildman–Crippen LogP) is 3.08. The van der Waals surface area contributed by atoms with Gasteiger partial charge in [-0.05, 0) is 50.6 Å². The van der Waals surface area contributed by atoms with Crippen LogP contribution in [0, 0.1) is 0 Å². The second kappa shape index (κ2) is 7.03. The molecular weight excluding hydrogens is 316 g/mol. The summed E-state index contributed by atoms with van der Waals surface area (Å²) < 4.78 is 1.07. The van der Waals surface area contributed by atoms with Gasteiger partial charge in [-0.15, -0.1) is 0 Å². The summed E-state index contributed by atoms with van der Waals surface area (Å²) >= 11 is 3.48. The minimum absolute atomic E-state index is 0.0492. The molecule has 1 atom stereocenters. The van der Waals surface area contributed by atoms with Crippen molar-refractivity contribution in [3.63, 3.8) is 0 Å². The first-order valence-electron chi connectivity index (χ1n) is 7.40. The zero-order chi connectivity index (χ0) is 14.6. The third kappa shape index (κ3) is 4.55. The molecule has 0 bridgehead atoms. The lowest BCUT2D eigenvalue weighted by atomic mass is 10.0. The molecule has 1 aliphatic rings. The Balaban J connectivity index is 1.79. The Morgan fingerprint density at radius 2 is 2.10 bits per heavy atom. The molecule has 1 aliphatic carbocycles. The molecule has 112 valence electrons. The zero-order valence-electron chi connectivity index (χ0n) is 12.2. The van der Waals surface area contributed by atoms with Crippen molar-refractivity contribution in [2.45, 2.75) is 43.7 Å². The van der Waals surface area contributed by atoms with E-state index >= 15 is 0 Å². The summed E-state index contributed by atoms with van der Waals surface area (Å²) in [5.41, 5.74) is 6.94. The minimum Gasteiger partial charge on any atom is -0.389 e. The fourth-order valence-corrected chi connectivity index (χ4v) is 3.45. The van der Waals surface area contributed by atoms with E-state index < -0.39 is 5.60 Å². The van der Waals surface area contributed by atoms with E-state index in [1.165, 1.54) is 0 Å². The number of nitrogens with two attached hydrogens (primary N) is 1. The largest absolute Gasteiger partial charge is 0.389 e. The summed E-state index contributed by atoms with van der Waals surface area (Å²) in [6.07, 6.45) is 5.09. The van der Waals surface area contributed by atoms with Gasteiger partial charge in [-0.2, -0.15) is 0 Å². The first-order valence-corrected chi connectivity index (χ1v) is 8.20. The van der Waals surface area contributed by atoms with Crippen molar-refractivity contribution in [2.75, 3.05) is 20.1 Å². The van der Waals surface area contributed by atoms with Crippen molar-refractivity contribution in [3.8, 4) is 0 Å². The maximum absolute atomic E-state index is 10.4. The maximum atomic E-state index is 10.4. The summed E-state index contributed by atoms with van der Waals surface area (Å²) in [4.78, 5) is 2.21. The lowest BCUT2D eigenvalue weighted by Crippen LogP contribution is -2.40. The third-order valence-electron chi connectivity index (χ3n) is 4.20. The molecule has 4 heteroatoms. The van der Waals surface area contributed by atoms with Crippen molar-refractivity contribution < 1.29 is 5.11 Å². The highest BCUT2D eigenvalue weighted by molar-refractivity contribution is 9.10. The number of benzene rings is 1. The number of nitrogens with zero attached hydrogens (tertiary/aromatic N) is 1. The van der Waals surface area contributed by atoms with Crippen LogP contribution in [-0.2, 0) is 0 Å². The molecule has 3 nitrogen and oxygen atoms in total. The van der Waals surface area contributed by atoms with Crippen molar-refractivity contribution in [2.24, 2.45) is 5.73 Å². The number of aliphatic hydroxyl groups is 1. The van der Waals surface area contributed by atoms with E-state index in [1.807, 2.05) is 12.1 Å². The molecule has 2 rings (SSSR count). The SMILES string of the molecule is CN(CCC(N)c1cccc(Br)c1)CC1(O)CCCC1. The molecule has 0 heterocycles. The first-order chi connectivity index (χ1) is 9.48. The maximum Gasteiger partial charge on any atom is 0.0774 e. The Kier molecular flexibility index (Phi) is 5.61. The summed E-state index contributed by atoms with van der Waals surface area (Å²) in [6, 6.07) is 8.23. The average Bonchev–Trinajstić information content (AvgIpc) is 2.82. The van der Waals surface area contributed by atoms with Crippen LogP contribution in [0.5, 0.6) is 0 Å². The van der Waals surface area contributed by atoms with Gasteiger partial charge < -0.3 is 15.7 Å². The van der Waals surface area contributed by atoms with Crippen LogP contribution in [0.3, 0.4) is 0 Å². The van der Waals surface area contributed by atoms with Crippen molar-refractivity contribution >= 4 is 15.9 Å². The van der Waals surface area contributed by atoms with Gasteiger partial charge >= 0.3 is 0 Å². The number of halogens is 1. The summed E-state index contributed by atoms with van der Waals surface area (Å²) in [5.74, 6) is 0. The van der Waals surface area contributed by atoms with Gasteiger partial charge in [0.05, 0.1) is 5.60 Å². The van der Waals surface area contributed by atoms with Crippen LogP contribution >= 0.6 is 15.9 Å². The number of likely N-dealkylation sites (N-methyl/N-ethyl adjacent to an activating group) is 1. The minimum atomic E-state index is -0.464. The Labute approximate surface area is 130 Å². The fraction of sp³-hybridized carbons (Fsp3) is 0.625. The van der Waals surface area contributed by atoms with Crippen LogP contribution in [0.15, 0.2) is 28.7 Å². The molecule has 1 saturated carbocycles. The monoisotopic (exact) mass is 340 g/mol. The average molecular weight is 341 g/mol. The second-order valence-corrected chi connectivity index (χ2v) is 7.04. The molecule has 1 aromatic carbocycles. The van der Waals surface area contributed by atoms with Crippen molar-refractivity contribution in [1.29, 1.82) is 0 Å². The van der Waals surface area contributed by atoms with Gasteiger partial charge in [0.1, 0.15) is 0 Å². The van der Waals surface area contributed by atoms with Gasteiger partial charge in [0.25, 0.3) is 0 Å². The van der Waals surface area contributed by atoms with E-state index in [1.54, 1.807) is 0 Å². The quantitative estimate of drug-likeness (QED) is 0.836. The van der Waals surface area contributed by atoms with E-state index in [0.717, 1.165) is 55.2 Å². The number of hydrogen-bond donors (Lipinski definition) is 2. The van der Waals surface area contributed by atoms with Crippen LogP contribution in [0.25, 0.3) is 0 Å². The third-order valence-corrected chi connectivity index (χ3v) is 4.69. The molecule has 0 spiro atoms. The van der Waals surface area contributed by atoms with Gasteiger partial charge in [-0.25, -0.2) is 0 Å². The van der Waals surface area contributed by atoms with Gasteiger partial charge in [0.15, 0.2) is 0 Å². The molecule has 0 aromatic heterocycles. The molecular formula is C16H25BrN2O. The number of rotatable bonds is 6. The van der Waals surface area contributed by atoms with E-state index in [9.17, 15) is 5.11 Å². The van der Waals surface area contributed by atoms with Gasteiger partial charge in [0, 0.05) is 17.1 Å². The zero-order valence-corrected chi connectivity index (χ0v) is 13.8. The summed E-state index contributed by atoms with van der Waals surface area (Å²) in [5, 5.41) is 10.4. The van der Waals surface area contributed by atoms with Gasteiger partial charge in [-0.3, -0.25) is 0 Å². The smallest absolute Gasteiger partial charge is 0.0774 e. The normalized spacial score (nSPS) is 19.4. The number of hydrogen-bond acceptors (Lipinski definition) is 3. The Bertz CT molecular complexity index is 432. The van der Waals surface area contributed by atoms with E-state index in [0.29, 0.717) is 0 Å². The molecule has 0 aliphatic heterocycles. The van der Waals surface area contributed by atoms with Crippen LogP contribution in [0.1, 0.15) is 43.7 Å². The topological polar surface area (TPSA) is 49.5 Å². The lowest BCUT2D eigenvalue weighted by molar-refractivity contribution is 0.0158. The van der Waals surface area contributed by atoms with E-state index in [2.05, 4.69) is 40.0 Å². The Hall–Kier alpha value is -0.420. The van der Waals surface area contributed by atoms with Crippen LogP contribution in [-0.4, -0.2) is 35.7 Å². The molecule has 1 aromatic rings. The highest BCUT2D eigenvalue weighted by atomic mass is 79.9. The molecule has 20 heavy (non-hydrogen) atoms. The standard InChI is InChI=1S/C16H25BrN2O/c1-19(12-16(20)8-2-3-9-16)10-7-15(18)13-5-4-6-14(17)11-13/h4-6,11,15,20H,2-3,7-10,12,18H2,1H3. The van der Waals surface area contributed by atoms with Gasteiger partial charge in [0.2, 0.25) is 0 Å². The van der Waals surface area contributed by atoms with Crippen molar-refractivity contribution in [1.82, 2.24) is 4.90 Å². The summed E-state index contributed by atoms with van der Waals surface area (Å²) in [7, 11) is 2.07. The molecule has 1 fully saturated rings. The highest BCUT2D eigenvalue weighted by Crippen LogP contribution is 2.30. The summed E-state index contributed by atoms with van der Waals surface area (Å²) in [6.45, 7) is 1.67. The fourth-order valence-electron chi connectivity index (χ4n) is 3.04. The van der Waals surface area contributed by atoms with Crippen molar-refractivity contribution in [3.05, 3.63) is 34.3 Å². The molecule has 0 radical (unpaired) electrons. The van der Waals surface area contributed by atoms with E-state index in [-0.39, 0.29) is 6.04 Å². The van der Waals surface area contributed by atoms with Crippen LogP contribution in [0.2, 0.25) is 0 Å². The van der Waals surface area contributed by atoms with E-state index in [4.69, 9.17) is 5.73 Å². The lowest BCUT2D eigenvalue weighted by Gasteiger charge is -2.29.